The predicted molar refractivity (Wildman–Crippen MR) is 343 cm³/mol. The van der Waals surface area contributed by atoms with E-state index in [1.165, 1.54) is 133 Å². The van der Waals surface area contributed by atoms with Gasteiger partial charge in [-0.15, -0.1) is 11.3 Å². The average Bonchev–Trinajstić information content (AvgIpc) is 3.68. The van der Waals surface area contributed by atoms with Crippen LogP contribution in [0.3, 0.4) is 0 Å². The van der Waals surface area contributed by atoms with Crippen LogP contribution in [0.1, 0.15) is 93.3 Å². The number of hydrogen-bond acceptors (Lipinski definition) is 4. The second kappa shape index (κ2) is 18.2. The summed E-state index contributed by atoms with van der Waals surface area (Å²) in [6, 6.07) is 75.8. The molecule has 3 aliphatic rings. The van der Waals surface area contributed by atoms with Crippen LogP contribution in [0.15, 0.2) is 200 Å². The van der Waals surface area contributed by atoms with Gasteiger partial charge in [-0.1, -0.05) is 187 Å². The molecule has 5 heteroatoms. The van der Waals surface area contributed by atoms with Gasteiger partial charge in [0.1, 0.15) is 0 Å². The molecule has 0 saturated heterocycles. The molecule has 0 atom stereocenters. The molecule has 0 amide bonds. The minimum atomic E-state index is -0.198. The first-order chi connectivity index (χ1) is 38.1. The number of benzene rings is 10. The standard InChI is InChI=1S/C74H66BN3S/c1-45-41-58-59(73(6,7)38-37-72(58,4)5)44-61(45)76-70-53(33-36-67-68(70)54-25-16-19-30-66(54)79-67)55-42-52(43-65-69(55)75-60-28-20-27-57-71(60)78(65)64-29-18-17-26-56(64)74(57,8)9)77(62-34-31-50(39-46(62)2)48-21-12-10-13-22-48)63-35-32-51(40-47(63)3)49-23-14-11-15-24-49/h10-36,39-44,75-76H,37-38H2,1-9H3. The van der Waals surface area contributed by atoms with Crippen LogP contribution in [0.5, 0.6) is 0 Å². The minimum Gasteiger partial charge on any atom is -0.354 e. The van der Waals surface area contributed by atoms with Crippen LogP contribution in [0.25, 0.3) is 53.6 Å². The van der Waals surface area contributed by atoms with Gasteiger partial charge in [-0.2, -0.15) is 0 Å². The van der Waals surface area contributed by atoms with Gasteiger partial charge in [-0.3, -0.25) is 0 Å². The Labute approximate surface area is 471 Å². The highest BCUT2D eigenvalue weighted by Gasteiger charge is 2.42. The van der Waals surface area contributed by atoms with Crippen molar-refractivity contribution < 1.29 is 0 Å². The van der Waals surface area contributed by atoms with Crippen molar-refractivity contribution >= 4 is 95.2 Å². The number of anilines is 8. The van der Waals surface area contributed by atoms with Crippen molar-refractivity contribution in [2.45, 2.75) is 91.4 Å². The Morgan fingerprint density at radius 3 is 1.76 bits per heavy atom. The van der Waals surface area contributed by atoms with Gasteiger partial charge in [-0.25, -0.2) is 0 Å². The zero-order chi connectivity index (χ0) is 54.1. The Hall–Kier alpha value is -8.12. The Kier molecular flexibility index (Phi) is 11.4. The second-order valence-corrected chi connectivity index (χ2v) is 25.7. The van der Waals surface area contributed by atoms with E-state index in [1.807, 2.05) is 11.3 Å². The molecule has 386 valence electrons. The molecule has 3 heterocycles. The largest absolute Gasteiger partial charge is 0.354 e. The topological polar surface area (TPSA) is 18.5 Å². The van der Waals surface area contributed by atoms with Crippen molar-refractivity contribution in [1.29, 1.82) is 0 Å². The van der Waals surface area contributed by atoms with E-state index >= 15 is 0 Å². The quantitative estimate of drug-likeness (QED) is 0.153. The van der Waals surface area contributed by atoms with Crippen LogP contribution in [-0.4, -0.2) is 7.28 Å². The number of fused-ring (bicyclic) bond motifs is 8. The highest BCUT2D eigenvalue weighted by atomic mass is 32.1. The summed E-state index contributed by atoms with van der Waals surface area (Å²) < 4.78 is 2.57. The van der Waals surface area contributed by atoms with Crippen molar-refractivity contribution in [2.75, 3.05) is 15.1 Å². The summed E-state index contributed by atoms with van der Waals surface area (Å²) in [7, 11) is 0.793. The molecule has 1 aliphatic carbocycles. The lowest BCUT2D eigenvalue weighted by Crippen LogP contribution is -2.45. The number of hydrogen-bond donors (Lipinski definition) is 1. The highest BCUT2D eigenvalue weighted by Crippen LogP contribution is 2.55. The van der Waals surface area contributed by atoms with Crippen molar-refractivity contribution in [3.63, 3.8) is 0 Å². The molecule has 10 aromatic carbocycles. The van der Waals surface area contributed by atoms with Gasteiger partial charge in [0.05, 0.1) is 11.4 Å². The van der Waals surface area contributed by atoms with Gasteiger partial charge in [0.25, 0.3) is 0 Å². The van der Waals surface area contributed by atoms with Crippen LogP contribution in [-0.2, 0) is 16.2 Å². The van der Waals surface area contributed by atoms with Crippen molar-refractivity contribution in [3.8, 4) is 33.4 Å². The van der Waals surface area contributed by atoms with Crippen LogP contribution >= 0.6 is 11.3 Å². The van der Waals surface area contributed by atoms with E-state index in [-0.39, 0.29) is 16.2 Å². The third-order valence-corrected chi connectivity index (χ3v) is 19.4. The van der Waals surface area contributed by atoms with Gasteiger partial charge < -0.3 is 15.1 Å². The van der Waals surface area contributed by atoms with Gasteiger partial charge in [-0.05, 0) is 177 Å². The first kappa shape index (κ1) is 49.2. The zero-order valence-electron chi connectivity index (χ0n) is 47.0. The summed E-state index contributed by atoms with van der Waals surface area (Å²) in [6.07, 6.45) is 2.34. The number of rotatable bonds is 8. The molecular formula is C74H66BN3S. The Morgan fingerprint density at radius 1 is 0.481 bits per heavy atom. The second-order valence-electron chi connectivity index (χ2n) is 24.6. The Morgan fingerprint density at radius 2 is 1.09 bits per heavy atom. The third-order valence-electron chi connectivity index (χ3n) is 18.3. The molecule has 79 heavy (non-hydrogen) atoms. The molecule has 0 bridgehead atoms. The number of nitrogens with zero attached hydrogens (tertiary/aromatic N) is 2. The minimum absolute atomic E-state index is 0.0518. The van der Waals surface area contributed by atoms with Crippen LogP contribution < -0.4 is 26.0 Å². The zero-order valence-corrected chi connectivity index (χ0v) is 47.8. The van der Waals surface area contributed by atoms with E-state index < -0.39 is 0 Å². The fraction of sp³-hybridized carbons (Fsp3) is 0.189. The molecule has 0 fully saturated rings. The Balaban J connectivity index is 1.08. The van der Waals surface area contributed by atoms with E-state index in [4.69, 9.17) is 0 Å². The van der Waals surface area contributed by atoms with Gasteiger partial charge in [0.15, 0.2) is 7.28 Å². The first-order valence-corrected chi connectivity index (χ1v) is 29.1. The summed E-state index contributed by atoms with van der Waals surface area (Å²) in [5.41, 5.74) is 28.7. The molecule has 1 N–H and O–H groups in total. The number of para-hydroxylation sites is 2. The summed E-state index contributed by atoms with van der Waals surface area (Å²) in [4.78, 5) is 5.19. The summed E-state index contributed by atoms with van der Waals surface area (Å²) in [6.45, 7) is 21.5. The maximum absolute atomic E-state index is 4.33. The summed E-state index contributed by atoms with van der Waals surface area (Å²) in [5, 5.41) is 6.88. The lowest BCUT2D eigenvalue weighted by Gasteiger charge is -2.46. The van der Waals surface area contributed by atoms with Crippen LogP contribution in [0, 0.1) is 20.8 Å². The average molecular weight is 1040 g/mol. The molecule has 0 spiro atoms. The van der Waals surface area contributed by atoms with Gasteiger partial charge in [0, 0.05) is 65.3 Å². The fourth-order valence-electron chi connectivity index (χ4n) is 13.8. The van der Waals surface area contributed by atoms with Gasteiger partial charge >= 0.3 is 0 Å². The molecule has 1 aromatic heterocycles. The first-order valence-electron chi connectivity index (χ1n) is 28.3. The predicted octanol–water partition coefficient (Wildman–Crippen LogP) is 19.4. The molecule has 2 aliphatic heterocycles. The molecule has 0 radical (unpaired) electrons. The van der Waals surface area contributed by atoms with Crippen molar-refractivity contribution in [3.05, 3.63) is 239 Å². The molecule has 0 saturated carbocycles. The number of aryl methyl sites for hydroxylation is 3. The maximum Gasteiger partial charge on any atom is 0.198 e. The number of thiophene rings is 1. The SMILES string of the molecule is Cc1cc2c(cc1Nc1c(-c3cc(N(c4ccc(-c5ccccc5)cc4C)c4ccc(-c5ccccc5)cc4C)cc4c3Bc3cccc5c3N4c3ccccc3C5(C)C)ccc3sc4ccccc4c13)C(C)(C)CCC2(C)C. The Bertz CT molecular complexity index is 4190. The normalized spacial score (nSPS) is 15.2. The summed E-state index contributed by atoms with van der Waals surface area (Å²) in [5.74, 6) is 0. The fourth-order valence-corrected chi connectivity index (χ4v) is 14.9. The van der Waals surface area contributed by atoms with Crippen LogP contribution in [0.4, 0.5) is 45.5 Å². The number of nitrogens with one attached hydrogen (secondary N) is 1. The van der Waals surface area contributed by atoms with Crippen molar-refractivity contribution in [1.82, 2.24) is 0 Å². The molecular weight excluding hydrogens is 974 g/mol. The molecule has 0 unspecified atom stereocenters. The highest BCUT2D eigenvalue weighted by molar-refractivity contribution is 7.26. The van der Waals surface area contributed by atoms with Crippen LogP contribution in [0.2, 0.25) is 0 Å². The van der Waals surface area contributed by atoms with E-state index in [0.29, 0.717) is 0 Å². The molecule has 14 rings (SSSR count). The van der Waals surface area contributed by atoms with E-state index in [9.17, 15) is 0 Å². The third kappa shape index (κ3) is 7.90. The summed E-state index contributed by atoms with van der Waals surface area (Å²) >= 11 is 1.89. The molecule has 3 nitrogen and oxygen atoms in total. The lowest BCUT2D eigenvalue weighted by atomic mass is 9.56. The van der Waals surface area contributed by atoms with Gasteiger partial charge in [0.2, 0.25) is 0 Å². The maximum atomic E-state index is 4.33. The van der Waals surface area contributed by atoms with E-state index in [2.05, 4.69) is 278 Å². The van der Waals surface area contributed by atoms with Crippen molar-refractivity contribution in [2.24, 2.45) is 0 Å². The smallest absolute Gasteiger partial charge is 0.198 e. The lowest BCUT2D eigenvalue weighted by molar-refractivity contribution is 0.332. The monoisotopic (exact) mass is 1040 g/mol. The van der Waals surface area contributed by atoms with E-state index in [0.717, 1.165) is 36.4 Å². The van der Waals surface area contributed by atoms with E-state index in [1.54, 1.807) is 0 Å². The molecule has 11 aromatic rings.